The minimum absolute atomic E-state index is 0.0594. The van der Waals surface area contributed by atoms with E-state index in [1.165, 1.54) is 0 Å². The van der Waals surface area contributed by atoms with Gasteiger partial charge >= 0.3 is 6.09 Å². The number of ether oxygens (including phenoxy) is 1. The van der Waals surface area contributed by atoms with Crippen molar-refractivity contribution in [1.82, 2.24) is 5.32 Å². The number of hydrogen-bond donors (Lipinski definition) is 1. The molecule has 1 fully saturated rings. The van der Waals surface area contributed by atoms with Crippen molar-refractivity contribution in [1.29, 1.82) is 0 Å². The number of sulfone groups is 1. The molecule has 1 saturated heterocycles. The highest BCUT2D eigenvalue weighted by Gasteiger charge is 2.28. The summed E-state index contributed by atoms with van der Waals surface area (Å²) in [7, 11) is -2.99. The van der Waals surface area contributed by atoms with E-state index in [-0.39, 0.29) is 23.8 Å². The summed E-state index contributed by atoms with van der Waals surface area (Å²) in [5.41, 5.74) is -0.723. The summed E-state index contributed by atoms with van der Waals surface area (Å²) in [5, 5.41) is 13.4. The van der Waals surface area contributed by atoms with Gasteiger partial charge in [0, 0.05) is 0 Å². The number of hydrogen-bond acceptors (Lipinski definition) is 6. The van der Waals surface area contributed by atoms with Crippen molar-refractivity contribution in [3.8, 4) is 0 Å². The Balaban J connectivity index is 2.55. The van der Waals surface area contributed by atoms with E-state index in [9.17, 15) is 23.1 Å². The van der Waals surface area contributed by atoms with E-state index in [1.807, 2.05) is 0 Å². The molecule has 8 heteroatoms. The Morgan fingerprint density at radius 2 is 1.81 bits per heavy atom. The van der Waals surface area contributed by atoms with Gasteiger partial charge in [0.2, 0.25) is 0 Å². The summed E-state index contributed by atoms with van der Waals surface area (Å²) in [6, 6.07) is -1.18. The molecule has 1 rings (SSSR count). The van der Waals surface area contributed by atoms with Crippen LogP contribution in [0.5, 0.6) is 0 Å². The number of carboxylic acid groups (broad SMARTS) is 1. The summed E-state index contributed by atoms with van der Waals surface area (Å²) in [6.45, 7) is 5.02. The molecule has 0 aromatic carbocycles. The van der Waals surface area contributed by atoms with Crippen molar-refractivity contribution >= 4 is 21.9 Å². The molecule has 21 heavy (non-hydrogen) atoms. The first-order valence-electron chi connectivity index (χ1n) is 6.89. The molecule has 0 saturated carbocycles. The van der Waals surface area contributed by atoms with E-state index >= 15 is 0 Å². The van der Waals surface area contributed by atoms with E-state index in [2.05, 4.69) is 5.32 Å². The topological polar surface area (TPSA) is 113 Å². The zero-order chi connectivity index (χ0) is 16.3. The zero-order valence-electron chi connectivity index (χ0n) is 12.5. The smallest absolute Gasteiger partial charge is 0.408 e. The molecule has 122 valence electrons. The number of rotatable bonds is 4. The van der Waals surface area contributed by atoms with Gasteiger partial charge in [-0.25, -0.2) is 13.2 Å². The van der Waals surface area contributed by atoms with E-state index in [4.69, 9.17) is 4.74 Å². The standard InChI is InChI=1S/C13H23NO6S/c1-13(2,3)20-12(17)14-10(11(15)16)8-9-4-6-21(18,19)7-5-9/h9-10H,4-8H2,1-3H3,(H,14,17)(H,15,16)/p-1/t10-/m1/s1. The highest BCUT2D eigenvalue weighted by atomic mass is 32.2. The molecular weight excluding hydrogens is 298 g/mol. The second-order valence-electron chi connectivity index (χ2n) is 6.35. The van der Waals surface area contributed by atoms with Gasteiger partial charge in [-0.2, -0.15) is 0 Å². The third kappa shape index (κ3) is 6.79. The van der Waals surface area contributed by atoms with Crippen LogP contribution in [0.4, 0.5) is 4.79 Å². The predicted octanol–water partition coefficient (Wildman–Crippen LogP) is -0.155. The molecule has 0 bridgehead atoms. The average Bonchev–Trinajstić information content (AvgIpc) is 2.28. The fraction of sp³-hybridized carbons (Fsp3) is 0.846. The molecule has 7 nitrogen and oxygen atoms in total. The Bertz CT molecular complexity index is 479. The quantitative estimate of drug-likeness (QED) is 0.770. The van der Waals surface area contributed by atoms with Crippen LogP contribution in [0.15, 0.2) is 0 Å². The molecule has 0 spiro atoms. The minimum Gasteiger partial charge on any atom is -0.548 e. The first kappa shape index (κ1) is 17.7. The maximum Gasteiger partial charge on any atom is 0.408 e. The Morgan fingerprint density at radius 3 is 2.24 bits per heavy atom. The third-order valence-corrected chi connectivity index (χ3v) is 4.93. The van der Waals surface area contributed by atoms with E-state index in [0.29, 0.717) is 12.8 Å². The van der Waals surface area contributed by atoms with Gasteiger partial charge in [-0.1, -0.05) is 0 Å². The van der Waals surface area contributed by atoms with Crippen molar-refractivity contribution < 1.29 is 27.9 Å². The molecule has 0 unspecified atom stereocenters. The second-order valence-corrected chi connectivity index (χ2v) is 8.65. The molecule has 0 radical (unpaired) electrons. The first-order chi connectivity index (χ1) is 9.48. The van der Waals surface area contributed by atoms with E-state index in [0.717, 1.165) is 0 Å². The lowest BCUT2D eigenvalue weighted by Gasteiger charge is -2.28. The normalized spacial score (nSPS) is 20.5. The van der Waals surface area contributed by atoms with Crippen LogP contribution in [0.1, 0.15) is 40.0 Å². The third-order valence-electron chi connectivity index (χ3n) is 3.22. The van der Waals surface area contributed by atoms with Crippen LogP contribution in [0.2, 0.25) is 0 Å². The summed E-state index contributed by atoms with van der Waals surface area (Å²) < 4.78 is 27.7. The lowest BCUT2D eigenvalue weighted by Crippen LogP contribution is -2.50. The van der Waals surface area contributed by atoms with Crippen LogP contribution in [0.3, 0.4) is 0 Å². The summed E-state index contributed by atoms with van der Waals surface area (Å²) in [5.74, 6) is -1.34. The van der Waals surface area contributed by atoms with Crippen LogP contribution in [-0.4, -0.2) is 43.6 Å². The Hall–Kier alpha value is -1.31. The molecule has 1 aliphatic rings. The number of carboxylic acids is 1. The molecular formula is C13H22NO6S-. The number of amides is 1. The SMILES string of the molecule is CC(C)(C)OC(=O)N[C@H](CC1CCS(=O)(=O)CC1)C(=O)[O-]. The lowest BCUT2D eigenvalue weighted by molar-refractivity contribution is -0.308. The molecule has 1 atom stereocenters. The maximum atomic E-state index is 11.6. The predicted molar refractivity (Wildman–Crippen MR) is 74.2 cm³/mol. The van der Waals surface area contributed by atoms with Crippen LogP contribution in [0.25, 0.3) is 0 Å². The maximum absolute atomic E-state index is 11.6. The van der Waals surface area contributed by atoms with Gasteiger partial charge in [0.1, 0.15) is 15.4 Å². The van der Waals surface area contributed by atoms with Gasteiger partial charge in [0.05, 0.1) is 23.5 Å². The summed E-state index contributed by atoms with van der Waals surface area (Å²) in [4.78, 5) is 22.7. The Labute approximate surface area is 125 Å². The second kappa shape index (κ2) is 6.64. The Morgan fingerprint density at radius 1 is 1.29 bits per heavy atom. The highest BCUT2D eigenvalue weighted by molar-refractivity contribution is 7.91. The van der Waals surface area contributed by atoms with E-state index in [1.54, 1.807) is 20.8 Å². The molecule has 0 aromatic rings. The van der Waals surface area contributed by atoms with Crippen LogP contribution >= 0.6 is 0 Å². The van der Waals surface area contributed by atoms with E-state index < -0.39 is 33.5 Å². The summed E-state index contributed by atoms with van der Waals surface area (Å²) >= 11 is 0. The molecule has 1 N–H and O–H groups in total. The average molecular weight is 320 g/mol. The van der Waals surface area contributed by atoms with Crippen LogP contribution < -0.4 is 10.4 Å². The van der Waals surface area contributed by atoms with Gasteiger partial charge in [-0.05, 0) is 46.0 Å². The molecule has 1 amide bonds. The first-order valence-corrected chi connectivity index (χ1v) is 8.71. The fourth-order valence-electron chi connectivity index (χ4n) is 2.17. The summed E-state index contributed by atoms with van der Waals surface area (Å²) in [6.07, 6.45) is 0.140. The fourth-order valence-corrected chi connectivity index (χ4v) is 3.76. The Kier molecular flexibility index (Phi) is 5.61. The number of alkyl carbamates (subject to hydrolysis) is 1. The van der Waals surface area contributed by atoms with Crippen molar-refractivity contribution in [2.24, 2.45) is 5.92 Å². The van der Waals surface area contributed by atoms with Crippen molar-refractivity contribution in [3.63, 3.8) is 0 Å². The van der Waals surface area contributed by atoms with Gasteiger partial charge < -0.3 is 20.0 Å². The molecule has 0 aromatic heterocycles. The largest absolute Gasteiger partial charge is 0.548 e. The van der Waals surface area contributed by atoms with Crippen LogP contribution in [-0.2, 0) is 19.4 Å². The number of carbonyl (C=O) groups excluding carboxylic acids is 2. The highest BCUT2D eigenvalue weighted by Crippen LogP contribution is 2.23. The molecule has 0 aliphatic carbocycles. The number of aliphatic carboxylic acids is 1. The zero-order valence-corrected chi connectivity index (χ0v) is 13.4. The lowest BCUT2D eigenvalue weighted by atomic mass is 9.94. The number of carbonyl (C=O) groups is 2. The number of nitrogens with one attached hydrogen (secondary N) is 1. The van der Waals surface area contributed by atoms with Gasteiger partial charge in [0.15, 0.2) is 0 Å². The van der Waals surface area contributed by atoms with Crippen molar-refractivity contribution in [3.05, 3.63) is 0 Å². The van der Waals surface area contributed by atoms with Crippen molar-refractivity contribution in [2.45, 2.75) is 51.7 Å². The van der Waals surface area contributed by atoms with Crippen molar-refractivity contribution in [2.75, 3.05) is 11.5 Å². The molecule has 1 aliphatic heterocycles. The van der Waals surface area contributed by atoms with Crippen LogP contribution in [0, 0.1) is 5.92 Å². The van der Waals surface area contributed by atoms with Gasteiger partial charge in [0.25, 0.3) is 0 Å². The minimum atomic E-state index is -2.99. The van der Waals surface area contributed by atoms with Gasteiger partial charge in [-0.15, -0.1) is 0 Å². The van der Waals surface area contributed by atoms with Gasteiger partial charge in [-0.3, -0.25) is 0 Å². The molecule has 1 heterocycles. The monoisotopic (exact) mass is 320 g/mol.